The highest BCUT2D eigenvalue weighted by atomic mass is 32.2. The third-order valence-electron chi connectivity index (χ3n) is 2.56. The number of terminal acetylenes is 1. The van der Waals surface area contributed by atoms with Gasteiger partial charge in [-0.3, -0.25) is 14.9 Å². The second kappa shape index (κ2) is 7.31. The molecule has 1 amide bonds. The summed E-state index contributed by atoms with van der Waals surface area (Å²) in [5, 5.41) is 22.1. The van der Waals surface area contributed by atoms with E-state index in [0.717, 1.165) is 6.07 Å². The average Bonchev–Trinajstić information content (AvgIpc) is 2.45. The van der Waals surface area contributed by atoms with Crippen LogP contribution in [0.25, 0.3) is 0 Å². The van der Waals surface area contributed by atoms with E-state index < -0.39 is 22.8 Å². The molecular weight excluding hydrogens is 296 g/mol. The van der Waals surface area contributed by atoms with Crippen LogP contribution in [0.1, 0.15) is 16.8 Å². The van der Waals surface area contributed by atoms with Gasteiger partial charge in [0.2, 0.25) is 0 Å². The van der Waals surface area contributed by atoms with E-state index in [-0.39, 0.29) is 17.7 Å². The molecule has 0 fully saturated rings. The number of aliphatic carboxylic acids is 1. The van der Waals surface area contributed by atoms with Gasteiger partial charge in [0, 0.05) is 18.1 Å². The Morgan fingerprint density at radius 3 is 2.71 bits per heavy atom. The van der Waals surface area contributed by atoms with Gasteiger partial charge in [0.1, 0.15) is 6.04 Å². The number of nitrogens with one attached hydrogen (secondary N) is 1. The summed E-state index contributed by atoms with van der Waals surface area (Å²) < 4.78 is 0. The first-order valence-electron chi connectivity index (χ1n) is 5.70. The zero-order chi connectivity index (χ0) is 16.0. The lowest BCUT2D eigenvalue weighted by Gasteiger charge is -2.12. The summed E-state index contributed by atoms with van der Waals surface area (Å²) in [5.41, 5.74) is -0.207. The number of nitrogens with zero attached hydrogens (tertiary/aromatic N) is 1. The largest absolute Gasteiger partial charge is 0.480 e. The number of nitro benzene ring substituents is 1. The molecule has 21 heavy (non-hydrogen) atoms. The monoisotopic (exact) mass is 308 g/mol. The Balaban J connectivity index is 3.03. The summed E-state index contributed by atoms with van der Waals surface area (Å²) in [7, 11) is 0. The van der Waals surface area contributed by atoms with Crippen LogP contribution in [0.2, 0.25) is 0 Å². The maximum absolute atomic E-state index is 11.9. The third-order valence-corrected chi connectivity index (χ3v) is 3.35. The normalized spacial score (nSPS) is 11.2. The number of nitro groups is 1. The van der Waals surface area contributed by atoms with Crippen molar-refractivity contribution in [1.82, 2.24) is 5.32 Å². The first-order valence-corrected chi connectivity index (χ1v) is 6.92. The van der Waals surface area contributed by atoms with Gasteiger partial charge in [-0.1, -0.05) is 0 Å². The highest BCUT2D eigenvalue weighted by Gasteiger charge is 2.22. The fraction of sp³-hybridized carbons (Fsp3) is 0.231. The number of carboxylic acid groups (broad SMARTS) is 1. The van der Waals surface area contributed by atoms with Crippen molar-refractivity contribution in [3.8, 4) is 12.3 Å². The van der Waals surface area contributed by atoms with E-state index in [4.69, 9.17) is 11.5 Å². The molecule has 0 saturated carbocycles. The summed E-state index contributed by atoms with van der Waals surface area (Å²) in [6.07, 6.45) is 6.53. The molecule has 0 bridgehead atoms. The second-order valence-electron chi connectivity index (χ2n) is 3.92. The molecule has 1 aromatic carbocycles. The fourth-order valence-corrected chi connectivity index (χ4v) is 2.08. The molecule has 0 heterocycles. The van der Waals surface area contributed by atoms with Crippen LogP contribution in [0, 0.1) is 22.5 Å². The van der Waals surface area contributed by atoms with Crippen LogP contribution in [0.15, 0.2) is 23.1 Å². The zero-order valence-corrected chi connectivity index (χ0v) is 11.8. The number of hydrogen-bond acceptors (Lipinski definition) is 5. The molecule has 1 unspecified atom stereocenters. The van der Waals surface area contributed by atoms with E-state index in [1.54, 1.807) is 6.26 Å². The Hall–Kier alpha value is -2.53. The lowest BCUT2D eigenvalue weighted by molar-refractivity contribution is -0.387. The van der Waals surface area contributed by atoms with Crippen molar-refractivity contribution in [3.05, 3.63) is 33.9 Å². The lowest BCUT2D eigenvalue weighted by atomic mass is 10.1. The van der Waals surface area contributed by atoms with E-state index in [9.17, 15) is 19.7 Å². The minimum Gasteiger partial charge on any atom is -0.480 e. The molecule has 0 aromatic heterocycles. The van der Waals surface area contributed by atoms with Crippen molar-refractivity contribution < 1.29 is 19.6 Å². The quantitative estimate of drug-likeness (QED) is 0.357. The van der Waals surface area contributed by atoms with Crippen LogP contribution in [-0.2, 0) is 4.79 Å². The van der Waals surface area contributed by atoms with Gasteiger partial charge in [-0.2, -0.15) is 0 Å². The molecule has 1 aromatic rings. The molecule has 1 atom stereocenters. The maximum Gasteiger partial charge on any atom is 0.327 e. The molecule has 0 aliphatic heterocycles. The first kappa shape index (κ1) is 16.5. The molecular formula is C13H12N2O5S. The molecule has 0 radical (unpaired) electrons. The van der Waals surface area contributed by atoms with Crippen molar-refractivity contribution in [3.63, 3.8) is 0 Å². The number of thioether (sulfide) groups is 1. The first-order chi connectivity index (χ1) is 9.90. The number of carboxylic acids is 1. The van der Waals surface area contributed by atoms with E-state index in [0.29, 0.717) is 4.90 Å². The highest BCUT2D eigenvalue weighted by molar-refractivity contribution is 7.98. The molecule has 0 aliphatic carbocycles. The van der Waals surface area contributed by atoms with Crippen molar-refractivity contribution in [1.29, 1.82) is 0 Å². The van der Waals surface area contributed by atoms with Crippen molar-refractivity contribution in [2.24, 2.45) is 0 Å². The van der Waals surface area contributed by atoms with Crippen molar-refractivity contribution in [2.75, 3.05) is 6.26 Å². The Morgan fingerprint density at radius 1 is 1.57 bits per heavy atom. The van der Waals surface area contributed by atoms with Gasteiger partial charge < -0.3 is 10.4 Å². The number of benzene rings is 1. The van der Waals surface area contributed by atoms with Gasteiger partial charge in [0.15, 0.2) is 0 Å². The Bertz CT molecular complexity index is 623. The topological polar surface area (TPSA) is 110 Å². The lowest BCUT2D eigenvalue weighted by Crippen LogP contribution is -2.40. The van der Waals surface area contributed by atoms with Crippen LogP contribution < -0.4 is 5.32 Å². The number of rotatable bonds is 6. The molecule has 1 rings (SSSR count). The minimum absolute atomic E-state index is 0.00257. The number of hydrogen-bond donors (Lipinski definition) is 2. The zero-order valence-electron chi connectivity index (χ0n) is 11.0. The molecule has 7 nitrogen and oxygen atoms in total. The molecule has 0 saturated heterocycles. The van der Waals surface area contributed by atoms with Crippen LogP contribution in [0.5, 0.6) is 0 Å². The van der Waals surface area contributed by atoms with Crippen LogP contribution >= 0.6 is 11.8 Å². The summed E-state index contributed by atoms with van der Waals surface area (Å²) in [5.74, 6) is 0.151. The summed E-state index contributed by atoms with van der Waals surface area (Å²) >= 11 is 1.18. The second-order valence-corrected chi connectivity index (χ2v) is 4.76. The highest BCUT2D eigenvalue weighted by Crippen LogP contribution is 2.28. The van der Waals surface area contributed by atoms with Gasteiger partial charge >= 0.3 is 5.97 Å². The number of amides is 1. The fourth-order valence-electron chi connectivity index (χ4n) is 1.53. The van der Waals surface area contributed by atoms with Crippen LogP contribution in [-0.4, -0.2) is 34.2 Å². The number of carbonyl (C=O) groups is 2. The summed E-state index contributed by atoms with van der Waals surface area (Å²) in [6.45, 7) is 0. The Kier molecular flexibility index (Phi) is 5.75. The summed E-state index contributed by atoms with van der Waals surface area (Å²) in [4.78, 5) is 33.6. The summed E-state index contributed by atoms with van der Waals surface area (Å²) in [6, 6.07) is 2.70. The Labute approximate surface area is 124 Å². The van der Waals surface area contributed by atoms with E-state index in [2.05, 4.69) is 11.2 Å². The molecule has 2 N–H and O–H groups in total. The van der Waals surface area contributed by atoms with E-state index in [1.165, 1.54) is 23.9 Å². The molecule has 0 spiro atoms. The van der Waals surface area contributed by atoms with Gasteiger partial charge in [-0.15, -0.1) is 24.1 Å². The maximum atomic E-state index is 11.9. The van der Waals surface area contributed by atoms with Crippen molar-refractivity contribution in [2.45, 2.75) is 17.4 Å². The predicted octanol–water partition coefficient (Wildman–Crippen LogP) is 1.52. The Morgan fingerprint density at radius 2 is 2.24 bits per heavy atom. The van der Waals surface area contributed by atoms with Crippen LogP contribution in [0.4, 0.5) is 5.69 Å². The standard InChI is InChI=1S/C13H12N2O5S/c1-3-4-9(13(17)18)14-12(16)8-5-6-11(21-2)10(7-8)15(19)20/h1,5-7,9H,4H2,2H3,(H,14,16)(H,17,18). The SMILES string of the molecule is C#CCC(NC(=O)c1ccc(SC)c([N+](=O)[O-])c1)C(=O)O. The van der Waals surface area contributed by atoms with E-state index >= 15 is 0 Å². The van der Waals surface area contributed by atoms with Crippen molar-refractivity contribution >= 4 is 29.3 Å². The molecule has 8 heteroatoms. The number of carbonyl (C=O) groups excluding carboxylic acids is 1. The molecule has 0 aliphatic rings. The van der Waals surface area contributed by atoms with Gasteiger partial charge in [-0.25, -0.2) is 4.79 Å². The van der Waals surface area contributed by atoms with Gasteiger partial charge in [0.25, 0.3) is 11.6 Å². The smallest absolute Gasteiger partial charge is 0.327 e. The average molecular weight is 308 g/mol. The van der Waals surface area contributed by atoms with Crippen LogP contribution in [0.3, 0.4) is 0 Å². The minimum atomic E-state index is -1.27. The molecule has 110 valence electrons. The third kappa shape index (κ3) is 4.22. The van der Waals surface area contributed by atoms with Gasteiger partial charge in [-0.05, 0) is 18.4 Å². The van der Waals surface area contributed by atoms with E-state index in [1.807, 2.05) is 0 Å². The predicted molar refractivity (Wildman–Crippen MR) is 77.2 cm³/mol. The van der Waals surface area contributed by atoms with Gasteiger partial charge in [0.05, 0.1) is 9.82 Å².